The number of hydroxylamine groups is 1. The average Bonchev–Trinajstić information content (AvgIpc) is 3.07. The number of carbonyl (C=O) groups excluding carboxylic acids is 2. The third-order valence-electron chi connectivity index (χ3n) is 8.63. The molecule has 50 heavy (non-hydrogen) atoms. The van der Waals surface area contributed by atoms with Crippen molar-refractivity contribution in [3.05, 3.63) is 66.2 Å². The molecule has 0 spiro atoms. The lowest BCUT2D eigenvalue weighted by Crippen LogP contribution is -2.56. The maximum absolute atomic E-state index is 12.9. The number of methoxy groups -OCH3 is 1. The van der Waals surface area contributed by atoms with Crippen LogP contribution in [0.15, 0.2) is 60.7 Å². The molecule has 1 aliphatic heterocycles. The van der Waals surface area contributed by atoms with Crippen molar-refractivity contribution >= 4 is 17.5 Å². The minimum absolute atomic E-state index is 0. The van der Waals surface area contributed by atoms with E-state index in [4.69, 9.17) is 15.3 Å². The number of benzene rings is 2. The van der Waals surface area contributed by atoms with Crippen molar-refractivity contribution in [2.45, 2.75) is 103 Å². The molecule has 11 heteroatoms. The minimum Gasteiger partial charge on any atom is -0.390 e. The number of anilines is 1. The Morgan fingerprint density at radius 3 is 2.12 bits per heavy atom. The topological polar surface area (TPSA) is 141 Å². The molecule has 0 aromatic heterocycles. The zero-order valence-corrected chi connectivity index (χ0v) is 31.9. The molecule has 6 N–H and O–H groups in total. The summed E-state index contributed by atoms with van der Waals surface area (Å²) in [6.45, 7) is 11.2. The van der Waals surface area contributed by atoms with E-state index in [9.17, 15) is 14.7 Å². The first kappa shape index (κ1) is 43.1. The number of nitrogens with zero attached hydrogens (tertiary/aromatic N) is 2. The number of likely N-dealkylation sites (N-methyl/N-ethyl adjacent to an activating group) is 1. The lowest BCUT2D eigenvalue weighted by molar-refractivity contribution is -0.127. The van der Waals surface area contributed by atoms with Crippen LogP contribution in [0, 0.1) is 11.8 Å². The Hall–Kier alpha value is -3.06. The van der Waals surface area contributed by atoms with Gasteiger partial charge in [-0.1, -0.05) is 61.4 Å². The number of aliphatic hydroxyl groups excluding tert-OH is 1. The molecule has 4 rings (SSSR count). The SMILES string of the molecule is CC(C)(C)N.CNOC(C)C.COC1CC2CCCCC2CN1CC(O)C(Cc1ccccc1)NC(=O)CNC(=O)CN(C)c1ccccc1. The van der Waals surface area contributed by atoms with Crippen LogP contribution in [0.1, 0.15) is 72.3 Å². The molecule has 1 saturated carbocycles. The van der Waals surface area contributed by atoms with Crippen molar-refractivity contribution in [2.75, 3.05) is 52.3 Å². The number of nitrogens with two attached hydrogens (primary N) is 1. The number of nitrogens with one attached hydrogen (secondary N) is 3. The zero-order chi connectivity index (χ0) is 37.1. The Labute approximate surface area is 301 Å². The summed E-state index contributed by atoms with van der Waals surface area (Å²) in [5.74, 6) is 0.778. The fourth-order valence-electron chi connectivity index (χ4n) is 6.34. The number of rotatable bonds is 14. The highest BCUT2D eigenvalue weighted by molar-refractivity contribution is 5.87. The summed E-state index contributed by atoms with van der Waals surface area (Å²) < 4.78 is 5.84. The first-order valence-corrected chi connectivity index (χ1v) is 18.1. The third-order valence-corrected chi connectivity index (χ3v) is 8.63. The number of piperidine rings is 1. The van der Waals surface area contributed by atoms with Gasteiger partial charge in [-0.3, -0.25) is 19.3 Å². The molecule has 5 unspecified atom stereocenters. The van der Waals surface area contributed by atoms with Gasteiger partial charge in [0.25, 0.3) is 0 Å². The van der Waals surface area contributed by atoms with Crippen molar-refractivity contribution in [1.29, 1.82) is 0 Å². The molecular weight excluding hydrogens is 632 g/mol. The number of likely N-dealkylation sites (tertiary alicyclic amines) is 1. The fourth-order valence-corrected chi connectivity index (χ4v) is 6.34. The van der Waals surface area contributed by atoms with Crippen molar-refractivity contribution in [2.24, 2.45) is 17.6 Å². The van der Waals surface area contributed by atoms with Crippen molar-refractivity contribution in [3.8, 4) is 0 Å². The lowest BCUT2D eigenvalue weighted by Gasteiger charge is -2.46. The maximum atomic E-state index is 12.9. The first-order chi connectivity index (χ1) is 23.7. The van der Waals surface area contributed by atoms with Gasteiger partial charge < -0.3 is 31.1 Å². The summed E-state index contributed by atoms with van der Waals surface area (Å²) in [6.07, 6.45) is 6.04. The summed E-state index contributed by atoms with van der Waals surface area (Å²) in [4.78, 5) is 34.3. The van der Waals surface area contributed by atoms with E-state index in [1.165, 1.54) is 25.7 Å². The summed E-state index contributed by atoms with van der Waals surface area (Å²) >= 11 is 0. The molecule has 1 saturated heterocycles. The van der Waals surface area contributed by atoms with Crippen LogP contribution in [-0.4, -0.2) is 99.2 Å². The number of β-amino-alcohol motifs (C(OH)–C–C–N with tert-alkyl or cyclic N) is 1. The van der Waals surface area contributed by atoms with Gasteiger partial charge in [-0.15, -0.1) is 0 Å². The molecule has 282 valence electrons. The quantitative estimate of drug-likeness (QED) is 0.185. The number of amides is 2. The number of hydrogen-bond donors (Lipinski definition) is 5. The van der Waals surface area contributed by atoms with Crippen molar-refractivity contribution in [3.63, 3.8) is 0 Å². The van der Waals surface area contributed by atoms with E-state index in [1.807, 2.05) is 107 Å². The molecule has 2 fully saturated rings. The van der Waals surface area contributed by atoms with Crippen LogP contribution >= 0.6 is 0 Å². The van der Waals surface area contributed by atoms with Crippen molar-refractivity contribution in [1.82, 2.24) is 21.0 Å². The third kappa shape index (κ3) is 17.7. The van der Waals surface area contributed by atoms with Gasteiger partial charge in [0.15, 0.2) is 0 Å². The Kier molecular flexibility index (Phi) is 19.6. The number of aliphatic hydroxyl groups is 1. The molecule has 2 aromatic rings. The molecule has 0 bridgehead atoms. The molecule has 1 heterocycles. The Morgan fingerprint density at radius 2 is 1.58 bits per heavy atom. The largest absolute Gasteiger partial charge is 0.390 e. The van der Waals surface area contributed by atoms with Gasteiger partial charge in [0.1, 0.15) is 6.23 Å². The Bertz CT molecular complexity index is 1210. The molecule has 0 radical (unpaired) electrons. The first-order valence-electron chi connectivity index (χ1n) is 18.1. The van der Waals surface area contributed by atoms with Gasteiger partial charge in [0.05, 0.1) is 31.3 Å². The number of ether oxygens (including phenoxy) is 1. The monoisotopic (exact) mass is 699 g/mol. The molecule has 2 aromatic carbocycles. The van der Waals surface area contributed by atoms with E-state index >= 15 is 0 Å². The number of hydrogen-bond acceptors (Lipinski definition) is 9. The highest BCUT2D eigenvalue weighted by Gasteiger charge is 2.38. The number of carbonyl (C=O) groups is 2. The van der Waals surface area contributed by atoms with Crippen LogP contribution in [0.3, 0.4) is 0 Å². The molecular formula is C39H66N6O5. The molecule has 1 aliphatic carbocycles. The summed E-state index contributed by atoms with van der Waals surface area (Å²) in [7, 11) is 5.33. The minimum atomic E-state index is -0.785. The fraction of sp³-hybridized carbons (Fsp3) is 0.641. The Balaban J connectivity index is 0.000000684. The highest BCUT2D eigenvalue weighted by Crippen LogP contribution is 2.38. The number of fused-ring (bicyclic) bond motifs is 1. The van der Waals surface area contributed by atoms with Crippen LogP contribution < -0.4 is 26.7 Å². The maximum Gasteiger partial charge on any atom is 0.239 e. The van der Waals surface area contributed by atoms with Crippen LogP contribution in [0.4, 0.5) is 5.69 Å². The van der Waals surface area contributed by atoms with Crippen LogP contribution in [0.2, 0.25) is 0 Å². The van der Waals surface area contributed by atoms with Crippen molar-refractivity contribution < 1.29 is 24.3 Å². The van der Waals surface area contributed by atoms with E-state index in [2.05, 4.69) is 21.0 Å². The molecule has 2 amide bonds. The molecule has 11 nitrogen and oxygen atoms in total. The second kappa shape index (κ2) is 22.7. The molecule has 2 aliphatic rings. The van der Waals surface area contributed by atoms with Gasteiger partial charge in [0, 0.05) is 45.5 Å². The van der Waals surface area contributed by atoms with Gasteiger partial charge in [-0.05, 0) is 89.8 Å². The van der Waals surface area contributed by atoms with Gasteiger partial charge in [-0.25, -0.2) is 5.48 Å². The molecule has 5 atom stereocenters. The van der Waals surface area contributed by atoms with E-state index in [0.717, 1.165) is 24.2 Å². The second-order valence-electron chi connectivity index (χ2n) is 14.8. The highest BCUT2D eigenvalue weighted by atomic mass is 16.6. The normalized spacial score (nSPS) is 20.2. The number of para-hydroxylation sites is 1. The second-order valence-corrected chi connectivity index (χ2v) is 14.8. The summed E-state index contributed by atoms with van der Waals surface area (Å²) in [5.41, 5.74) is 9.88. The lowest BCUT2D eigenvalue weighted by atomic mass is 9.74. The van der Waals surface area contributed by atoms with Gasteiger partial charge in [0.2, 0.25) is 11.8 Å². The van der Waals surface area contributed by atoms with Gasteiger partial charge in [-0.2, -0.15) is 0 Å². The van der Waals surface area contributed by atoms with Crippen LogP contribution in [-0.2, 0) is 25.6 Å². The standard InChI is InChI=1S/C31H44N4O4.C4H11NO.C4H11N/c1-34(26-15-7-4-8-16-26)22-30(38)32-19-29(37)33-27(17-23-11-5-3-6-12-23)28(36)21-35-20-25-14-10-9-13-24(25)18-31(35)39-2;1-4(2)6-5-3;1-4(2,3)5/h3-8,11-12,15-16,24-25,27-28,31,36H,9-10,13-14,17-22H2,1-2H3,(H,32,38)(H,33,37);4-5H,1-3H3;5H2,1-3H3. The Morgan fingerprint density at radius 1 is 1.00 bits per heavy atom. The smallest absolute Gasteiger partial charge is 0.239 e. The van der Waals surface area contributed by atoms with E-state index in [0.29, 0.717) is 24.8 Å². The average molecular weight is 699 g/mol. The van der Waals surface area contributed by atoms with E-state index in [1.54, 1.807) is 14.2 Å². The van der Waals surface area contributed by atoms with Crippen LogP contribution in [0.25, 0.3) is 0 Å². The van der Waals surface area contributed by atoms with Gasteiger partial charge >= 0.3 is 0 Å². The van der Waals surface area contributed by atoms with E-state index in [-0.39, 0.29) is 42.8 Å². The predicted molar refractivity (Wildman–Crippen MR) is 202 cm³/mol. The summed E-state index contributed by atoms with van der Waals surface area (Å²) in [5, 5.41) is 17.1. The van der Waals surface area contributed by atoms with Crippen LogP contribution in [0.5, 0.6) is 0 Å². The predicted octanol–water partition coefficient (Wildman–Crippen LogP) is 4.10. The summed E-state index contributed by atoms with van der Waals surface area (Å²) in [6, 6.07) is 19.0. The van der Waals surface area contributed by atoms with E-state index < -0.39 is 12.1 Å². The zero-order valence-electron chi connectivity index (χ0n) is 31.9.